The first-order valence-electron chi connectivity index (χ1n) is 9.53. The summed E-state index contributed by atoms with van der Waals surface area (Å²) in [4.78, 5) is 42.9. The number of carbonyl (C=O) groups is 3. The molecule has 7 nitrogen and oxygen atoms in total. The predicted octanol–water partition coefficient (Wildman–Crippen LogP) is 3.18. The van der Waals surface area contributed by atoms with Gasteiger partial charge in [0, 0.05) is 11.3 Å². The summed E-state index contributed by atoms with van der Waals surface area (Å²) >= 11 is 0. The van der Waals surface area contributed by atoms with E-state index in [1.165, 1.54) is 22.9 Å². The second-order valence-electron chi connectivity index (χ2n) is 7.32. The number of nitrogens with zero attached hydrogens (tertiary/aromatic N) is 3. The normalized spacial score (nSPS) is 14.8. The minimum atomic E-state index is -0.922. The lowest BCUT2D eigenvalue weighted by Gasteiger charge is -2.12. The molecule has 0 unspecified atom stereocenters. The molecule has 0 N–H and O–H groups in total. The Bertz CT molecular complexity index is 1210. The molecule has 1 aliphatic heterocycles. The lowest BCUT2D eigenvalue weighted by atomic mass is 10.1. The maximum absolute atomic E-state index is 14.5. The van der Waals surface area contributed by atoms with E-state index < -0.39 is 23.6 Å². The SMILES string of the molecule is Cc1ccc(-n2nc(C(=O)ON3C(=O)c4ccccc4C3=O)c3c2CCC3)c(F)c1. The van der Waals surface area contributed by atoms with Crippen LogP contribution in [-0.2, 0) is 17.7 Å². The summed E-state index contributed by atoms with van der Waals surface area (Å²) in [5.74, 6) is -2.78. The fourth-order valence-corrected chi connectivity index (χ4v) is 3.96. The Kier molecular flexibility index (Phi) is 4.02. The second-order valence-corrected chi connectivity index (χ2v) is 7.32. The molecule has 150 valence electrons. The third-order valence-corrected chi connectivity index (χ3v) is 5.39. The number of aromatic nitrogens is 2. The molecule has 2 aliphatic rings. The van der Waals surface area contributed by atoms with E-state index in [1.54, 1.807) is 31.2 Å². The molecular formula is C22H16FN3O4. The average molecular weight is 405 g/mol. The van der Waals surface area contributed by atoms with Gasteiger partial charge in [-0.3, -0.25) is 9.59 Å². The van der Waals surface area contributed by atoms with Crippen LogP contribution in [-0.4, -0.2) is 32.6 Å². The quantitative estimate of drug-likeness (QED) is 0.625. The van der Waals surface area contributed by atoms with Crippen LogP contribution in [0.2, 0.25) is 0 Å². The third kappa shape index (κ3) is 2.64. The zero-order valence-electron chi connectivity index (χ0n) is 16.0. The molecule has 0 spiro atoms. The van der Waals surface area contributed by atoms with Gasteiger partial charge in [-0.1, -0.05) is 23.3 Å². The third-order valence-electron chi connectivity index (χ3n) is 5.39. The van der Waals surface area contributed by atoms with Crippen LogP contribution >= 0.6 is 0 Å². The maximum atomic E-state index is 14.5. The number of amides is 2. The van der Waals surface area contributed by atoms with E-state index in [0.717, 1.165) is 17.7 Å². The molecule has 0 radical (unpaired) electrons. The summed E-state index contributed by atoms with van der Waals surface area (Å²) in [5.41, 5.74) is 2.71. The number of hydrogen-bond donors (Lipinski definition) is 0. The van der Waals surface area contributed by atoms with Gasteiger partial charge in [0.15, 0.2) is 5.69 Å². The molecule has 0 atom stereocenters. The Morgan fingerprint density at radius 2 is 1.77 bits per heavy atom. The van der Waals surface area contributed by atoms with Crippen molar-refractivity contribution in [3.8, 4) is 5.69 Å². The van der Waals surface area contributed by atoms with Gasteiger partial charge in [-0.2, -0.15) is 5.10 Å². The van der Waals surface area contributed by atoms with E-state index in [4.69, 9.17) is 4.84 Å². The summed E-state index contributed by atoms with van der Waals surface area (Å²) in [7, 11) is 0. The molecule has 3 aromatic rings. The monoisotopic (exact) mass is 405 g/mol. The first kappa shape index (κ1) is 18.2. The van der Waals surface area contributed by atoms with Crippen LogP contribution in [0.3, 0.4) is 0 Å². The smallest absolute Gasteiger partial charge is 0.322 e. The lowest BCUT2D eigenvalue weighted by Crippen LogP contribution is -2.33. The molecule has 0 bridgehead atoms. The van der Waals surface area contributed by atoms with Gasteiger partial charge in [-0.15, -0.1) is 0 Å². The molecule has 1 aliphatic carbocycles. The number of fused-ring (bicyclic) bond motifs is 2. The maximum Gasteiger partial charge on any atom is 0.384 e. The number of hydrogen-bond acceptors (Lipinski definition) is 5. The molecule has 0 saturated carbocycles. The summed E-state index contributed by atoms with van der Waals surface area (Å²) in [6.07, 6.45) is 2.00. The Balaban J connectivity index is 1.49. The van der Waals surface area contributed by atoms with E-state index in [1.807, 2.05) is 0 Å². The number of carbonyl (C=O) groups excluding carboxylic acids is 3. The fraction of sp³-hybridized carbons (Fsp3) is 0.182. The first-order chi connectivity index (χ1) is 14.5. The minimum absolute atomic E-state index is 0.0148. The van der Waals surface area contributed by atoms with Crippen LogP contribution in [0.1, 0.15) is 54.4 Å². The van der Waals surface area contributed by atoms with Gasteiger partial charge in [0.2, 0.25) is 0 Å². The topological polar surface area (TPSA) is 81.5 Å². The van der Waals surface area contributed by atoms with Gasteiger partial charge in [-0.05, 0) is 56.0 Å². The number of hydroxylamine groups is 2. The van der Waals surface area contributed by atoms with E-state index in [0.29, 0.717) is 23.5 Å². The highest BCUT2D eigenvalue weighted by molar-refractivity contribution is 6.21. The van der Waals surface area contributed by atoms with Crippen molar-refractivity contribution < 1.29 is 23.6 Å². The number of imide groups is 1. The number of halogens is 1. The largest absolute Gasteiger partial charge is 0.384 e. The summed E-state index contributed by atoms with van der Waals surface area (Å²) in [6.45, 7) is 1.78. The van der Waals surface area contributed by atoms with Crippen LogP contribution in [0.4, 0.5) is 4.39 Å². The highest BCUT2D eigenvalue weighted by Crippen LogP contribution is 2.30. The molecule has 30 heavy (non-hydrogen) atoms. The van der Waals surface area contributed by atoms with Gasteiger partial charge in [0.1, 0.15) is 11.5 Å². The Hall–Kier alpha value is -3.81. The summed E-state index contributed by atoms with van der Waals surface area (Å²) in [5, 5.41) is 4.74. The zero-order valence-corrected chi connectivity index (χ0v) is 16.0. The Labute approximate surface area is 170 Å². The molecule has 1 aromatic heterocycles. The van der Waals surface area contributed by atoms with Gasteiger partial charge in [0.05, 0.1) is 11.1 Å². The van der Waals surface area contributed by atoms with Crippen LogP contribution in [0.15, 0.2) is 42.5 Å². The van der Waals surface area contributed by atoms with E-state index >= 15 is 0 Å². The van der Waals surface area contributed by atoms with Crippen molar-refractivity contribution in [1.29, 1.82) is 0 Å². The highest BCUT2D eigenvalue weighted by Gasteiger charge is 2.40. The highest BCUT2D eigenvalue weighted by atomic mass is 19.1. The number of rotatable bonds is 3. The summed E-state index contributed by atoms with van der Waals surface area (Å²) < 4.78 is 15.9. The van der Waals surface area contributed by atoms with Crippen molar-refractivity contribution in [2.45, 2.75) is 26.2 Å². The fourth-order valence-electron chi connectivity index (χ4n) is 3.96. The van der Waals surface area contributed by atoms with Gasteiger partial charge < -0.3 is 4.84 Å². The van der Waals surface area contributed by atoms with Gasteiger partial charge in [-0.25, -0.2) is 13.9 Å². The molecule has 2 heterocycles. The average Bonchev–Trinajstić information content (AvgIpc) is 3.39. The van der Waals surface area contributed by atoms with E-state index in [-0.39, 0.29) is 22.5 Å². The van der Waals surface area contributed by atoms with Crippen LogP contribution in [0.5, 0.6) is 0 Å². The van der Waals surface area contributed by atoms with E-state index in [2.05, 4.69) is 5.10 Å². The van der Waals surface area contributed by atoms with Crippen molar-refractivity contribution in [2.24, 2.45) is 0 Å². The van der Waals surface area contributed by atoms with Crippen molar-refractivity contribution >= 4 is 17.8 Å². The zero-order chi connectivity index (χ0) is 21.0. The molecule has 5 rings (SSSR count). The van der Waals surface area contributed by atoms with Crippen molar-refractivity contribution in [1.82, 2.24) is 14.8 Å². The van der Waals surface area contributed by atoms with Gasteiger partial charge in [0.25, 0.3) is 11.8 Å². The minimum Gasteiger partial charge on any atom is -0.322 e. The molecular weight excluding hydrogens is 389 g/mol. The molecule has 0 fully saturated rings. The van der Waals surface area contributed by atoms with Crippen LogP contribution in [0.25, 0.3) is 5.69 Å². The van der Waals surface area contributed by atoms with Crippen molar-refractivity contribution in [3.63, 3.8) is 0 Å². The summed E-state index contributed by atoms with van der Waals surface area (Å²) in [6, 6.07) is 11.0. The number of benzene rings is 2. The van der Waals surface area contributed by atoms with E-state index in [9.17, 15) is 18.8 Å². The standard InChI is InChI=1S/C22H16FN3O4/c1-12-9-10-18(16(23)11-12)25-17-8-4-7-15(17)19(24-25)22(29)30-26-20(27)13-5-2-3-6-14(13)21(26)28/h2-3,5-6,9-11H,4,7-8H2,1H3. The Morgan fingerprint density at radius 1 is 1.07 bits per heavy atom. The molecule has 2 aromatic carbocycles. The molecule has 2 amide bonds. The first-order valence-corrected chi connectivity index (χ1v) is 9.53. The molecule has 0 saturated heterocycles. The lowest BCUT2D eigenvalue weighted by molar-refractivity contribution is -0.0589. The second kappa shape index (κ2) is 6.62. The van der Waals surface area contributed by atoms with Crippen LogP contribution < -0.4 is 0 Å². The predicted molar refractivity (Wildman–Crippen MR) is 103 cm³/mol. The molecule has 8 heteroatoms. The number of aryl methyl sites for hydroxylation is 1. The van der Waals surface area contributed by atoms with Crippen molar-refractivity contribution in [3.05, 3.63) is 81.9 Å². The van der Waals surface area contributed by atoms with Crippen molar-refractivity contribution in [2.75, 3.05) is 0 Å². The Morgan fingerprint density at radius 3 is 2.43 bits per heavy atom. The van der Waals surface area contributed by atoms with Gasteiger partial charge >= 0.3 is 5.97 Å². The van der Waals surface area contributed by atoms with Crippen LogP contribution in [0, 0.1) is 12.7 Å².